The summed E-state index contributed by atoms with van der Waals surface area (Å²) in [7, 11) is 0. The van der Waals surface area contributed by atoms with Crippen LogP contribution in [0.4, 0.5) is 4.39 Å². The van der Waals surface area contributed by atoms with Crippen LogP contribution in [0.5, 0.6) is 5.75 Å². The lowest BCUT2D eigenvalue weighted by atomic mass is 9.92. The first-order valence-corrected chi connectivity index (χ1v) is 8.66. The van der Waals surface area contributed by atoms with Gasteiger partial charge in [-0.1, -0.05) is 0 Å². The first kappa shape index (κ1) is 18.3. The highest BCUT2D eigenvalue weighted by atomic mass is 19.1. The number of hydrogen-bond donors (Lipinski definition) is 1. The number of aliphatic hydroxyl groups is 1. The molecule has 1 aromatic heterocycles. The van der Waals surface area contributed by atoms with Gasteiger partial charge in [0, 0.05) is 30.8 Å². The summed E-state index contributed by atoms with van der Waals surface area (Å²) in [6.07, 6.45) is 3.42. The van der Waals surface area contributed by atoms with Gasteiger partial charge in [0.25, 0.3) is 5.91 Å². The first-order chi connectivity index (χ1) is 12.6. The molecule has 0 spiro atoms. The molecule has 1 aliphatic heterocycles. The number of hydrogen-bond acceptors (Lipinski definition) is 5. The zero-order chi connectivity index (χ0) is 18.5. The van der Waals surface area contributed by atoms with E-state index in [1.54, 1.807) is 11.1 Å². The van der Waals surface area contributed by atoms with E-state index in [9.17, 15) is 14.3 Å². The maximum Gasteiger partial charge on any atom is 0.260 e. The Kier molecular flexibility index (Phi) is 5.78. The molecule has 26 heavy (non-hydrogen) atoms. The minimum atomic E-state index is -0.345. The smallest absolute Gasteiger partial charge is 0.260 e. The van der Waals surface area contributed by atoms with Gasteiger partial charge in [0.2, 0.25) is 0 Å². The van der Waals surface area contributed by atoms with Gasteiger partial charge in [0.15, 0.2) is 6.61 Å². The highest BCUT2D eigenvalue weighted by molar-refractivity contribution is 5.78. The lowest BCUT2D eigenvalue weighted by Gasteiger charge is -2.33. The molecule has 138 valence electrons. The molecule has 2 aromatic rings. The molecule has 1 fully saturated rings. The topological polar surface area (TPSA) is 75.6 Å². The molecule has 1 N–H and O–H groups in total. The van der Waals surface area contributed by atoms with E-state index in [4.69, 9.17) is 4.74 Å². The number of halogens is 1. The van der Waals surface area contributed by atoms with Crippen LogP contribution in [0, 0.1) is 12.7 Å². The fraction of sp³-hybridized carbons (Fsp3) is 0.421. The number of aromatic nitrogens is 2. The molecule has 1 amide bonds. The van der Waals surface area contributed by atoms with E-state index in [-0.39, 0.29) is 30.9 Å². The summed E-state index contributed by atoms with van der Waals surface area (Å²) in [5, 5.41) is 9.54. The standard InChI is InChI=1S/C19H22FN3O3/c1-13-21-9-15(11-24)19(22-13)14-3-2-8-23(10-14)18(25)12-26-17-6-4-16(20)5-7-17/h4-7,9,14,24H,2-3,8,10-12H2,1H3. The maximum absolute atomic E-state index is 12.9. The molecule has 7 heteroatoms. The fourth-order valence-electron chi connectivity index (χ4n) is 3.18. The number of piperidine rings is 1. The molecule has 3 rings (SSSR count). The normalized spacial score (nSPS) is 17.2. The van der Waals surface area contributed by atoms with E-state index in [0.717, 1.165) is 18.5 Å². The number of rotatable bonds is 5. The molecule has 1 aromatic carbocycles. The van der Waals surface area contributed by atoms with Gasteiger partial charge < -0.3 is 14.7 Å². The number of likely N-dealkylation sites (tertiary alicyclic amines) is 1. The Morgan fingerprint density at radius 1 is 1.38 bits per heavy atom. The van der Waals surface area contributed by atoms with Gasteiger partial charge in [-0.3, -0.25) is 4.79 Å². The minimum absolute atomic E-state index is 0.0716. The zero-order valence-electron chi connectivity index (χ0n) is 14.7. The van der Waals surface area contributed by atoms with Gasteiger partial charge in [-0.05, 0) is 44.0 Å². The largest absolute Gasteiger partial charge is 0.484 e. The van der Waals surface area contributed by atoms with Crippen molar-refractivity contribution in [3.05, 3.63) is 53.4 Å². The molecule has 1 saturated heterocycles. The Morgan fingerprint density at radius 3 is 2.88 bits per heavy atom. The van der Waals surface area contributed by atoms with E-state index in [0.29, 0.717) is 30.2 Å². The number of ether oxygens (including phenoxy) is 1. The summed E-state index contributed by atoms with van der Waals surface area (Å²) in [4.78, 5) is 22.9. The first-order valence-electron chi connectivity index (χ1n) is 8.66. The van der Waals surface area contributed by atoms with E-state index < -0.39 is 0 Å². The van der Waals surface area contributed by atoms with Crippen LogP contribution in [0.1, 0.15) is 35.8 Å². The Bertz CT molecular complexity index is 767. The third kappa shape index (κ3) is 4.35. The molecule has 2 heterocycles. The van der Waals surface area contributed by atoms with Gasteiger partial charge in [0.05, 0.1) is 12.3 Å². The van der Waals surface area contributed by atoms with Crippen LogP contribution in [0.3, 0.4) is 0 Å². The van der Waals surface area contributed by atoms with Crippen molar-refractivity contribution >= 4 is 5.91 Å². The molecule has 1 atom stereocenters. The van der Waals surface area contributed by atoms with E-state index in [2.05, 4.69) is 9.97 Å². The van der Waals surface area contributed by atoms with Crippen molar-refractivity contribution < 1.29 is 19.0 Å². The molecule has 0 bridgehead atoms. The molecule has 6 nitrogen and oxygen atoms in total. The Hall–Kier alpha value is -2.54. The van der Waals surface area contributed by atoms with Crippen molar-refractivity contribution in [1.29, 1.82) is 0 Å². The third-order valence-electron chi connectivity index (χ3n) is 4.53. The van der Waals surface area contributed by atoms with Crippen LogP contribution in [0.15, 0.2) is 30.5 Å². The Labute approximate surface area is 151 Å². The molecule has 0 saturated carbocycles. The predicted octanol–water partition coefficient (Wildman–Crippen LogP) is 2.20. The number of aliphatic hydroxyl groups excluding tert-OH is 1. The average Bonchev–Trinajstić information content (AvgIpc) is 2.67. The van der Waals surface area contributed by atoms with Gasteiger partial charge in [-0.25, -0.2) is 14.4 Å². The maximum atomic E-state index is 12.9. The van der Waals surface area contributed by atoms with Gasteiger partial charge >= 0.3 is 0 Å². The minimum Gasteiger partial charge on any atom is -0.484 e. The van der Waals surface area contributed by atoms with Crippen molar-refractivity contribution in [1.82, 2.24) is 14.9 Å². The summed E-state index contributed by atoms with van der Waals surface area (Å²) in [6.45, 7) is 2.81. The van der Waals surface area contributed by atoms with Gasteiger partial charge in [-0.2, -0.15) is 0 Å². The highest BCUT2D eigenvalue weighted by Crippen LogP contribution is 2.28. The van der Waals surface area contributed by atoms with Gasteiger partial charge in [-0.15, -0.1) is 0 Å². The molecular formula is C19H22FN3O3. The molecular weight excluding hydrogens is 337 g/mol. The monoisotopic (exact) mass is 359 g/mol. The van der Waals surface area contributed by atoms with Crippen molar-refractivity contribution in [3.8, 4) is 5.75 Å². The Balaban J connectivity index is 1.63. The second-order valence-electron chi connectivity index (χ2n) is 6.41. The van der Waals surface area contributed by atoms with E-state index in [1.807, 2.05) is 6.92 Å². The number of carbonyl (C=O) groups excluding carboxylic acids is 1. The SMILES string of the molecule is Cc1ncc(CO)c(C2CCCN(C(=O)COc3ccc(F)cc3)C2)n1. The van der Waals surface area contributed by atoms with Gasteiger partial charge in [0.1, 0.15) is 17.4 Å². The van der Waals surface area contributed by atoms with Crippen molar-refractivity contribution in [2.75, 3.05) is 19.7 Å². The van der Waals surface area contributed by atoms with Crippen LogP contribution >= 0.6 is 0 Å². The lowest BCUT2D eigenvalue weighted by Crippen LogP contribution is -2.42. The summed E-state index contributed by atoms with van der Waals surface area (Å²) in [5.41, 5.74) is 1.52. The van der Waals surface area contributed by atoms with E-state index >= 15 is 0 Å². The summed E-state index contributed by atoms with van der Waals surface area (Å²) in [6, 6.07) is 5.59. The van der Waals surface area contributed by atoms with Crippen LogP contribution in [-0.2, 0) is 11.4 Å². The summed E-state index contributed by atoms with van der Waals surface area (Å²) in [5.74, 6) is 0.725. The highest BCUT2D eigenvalue weighted by Gasteiger charge is 2.27. The number of nitrogens with zero attached hydrogens (tertiary/aromatic N) is 3. The van der Waals surface area contributed by atoms with Crippen molar-refractivity contribution in [2.45, 2.75) is 32.3 Å². The zero-order valence-corrected chi connectivity index (χ0v) is 14.7. The average molecular weight is 359 g/mol. The quantitative estimate of drug-likeness (QED) is 0.886. The molecule has 0 aliphatic carbocycles. The number of carbonyl (C=O) groups is 1. The number of amides is 1. The predicted molar refractivity (Wildman–Crippen MR) is 93.1 cm³/mol. The van der Waals surface area contributed by atoms with Crippen LogP contribution in [0.25, 0.3) is 0 Å². The third-order valence-corrected chi connectivity index (χ3v) is 4.53. The van der Waals surface area contributed by atoms with Crippen LogP contribution < -0.4 is 4.74 Å². The van der Waals surface area contributed by atoms with Crippen LogP contribution in [-0.4, -0.2) is 45.6 Å². The molecule has 1 unspecified atom stereocenters. The fourth-order valence-corrected chi connectivity index (χ4v) is 3.18. The second-order valence-corrected chi connectivity index (χ2v) is 6.41. The van der Waals surface area contributed by atoms with Crippen molar-refractivity contribution in [2.24, 2.45) is 0 Å². The van der Waals surface area contributed by atoms with E-state index in [1.165, 1.54) is 24.3 Å². The second kappa shape index (κ2) is 8.23. The van der Waals surface area contributed by atoms with Crippen LogP contribution in [0.2, 0.25) is 0 Å². The lowest BCUT2D eigenvalue weighted by molar-refractivity contribution is -0.134. The Morgan fingerprint density at radius 2 is 2.15 bits per heavy atom. The summed E-state index contributed by atoms with van der Waals surface area (Å²) < 4.78 is 18.4. The summed E-state index contributed by atoms with van der Waals surface area (Å²) >= 11 is 0. The number of aryl methyl sites for hydroxylation is 1. The molecule has 1 aliphatic rings. The molecule has 0 radical (unpaired) electrons. The number of benzene rings is 1. The van der Waals surface area contributed by atoms with Crippen molar-refractivity contribution in [3.63, 3.8) is 0 Å².